The molecule has 90 valence electrons. The molecule has 0 saturated heterocycles. The number of rotatable bonds is 3. The van der Waals surface area contributed by atoms with Crippen molar-refractivity contribution < 1.29 is 4.39 Å². The third-order valence-electron chi connectivity index (χ3n) is 2.49. The smallest absolute Gasteiger partial charge is 0.125 e. The molecule has 17 heavy (non-hydrogen) atoms. The van der Waals surface area contributed by atoms with Crippen LogP contribution in [0.3, 0.4) is 0 Å². The highest BCUT2D eigenvalue weighted by molar-refractivity contribution is 6.33. The van der Waals surface area contributed by atoms with Crippen molar-refractivity contribution in [3.8, 4) is 0 Å². The number of hydrogen-bond acceptors (Lipinski definition) is 2. The third-order valence-corrected chi connectivity index (χ3v) is 2.82. The summed E-state index contributed by atoms with van der Waals surface area (Å²) >= 11 is 5.96. The van der Waals surface area contributed by atoms with Crippen LogP contribution in [0.25, 0.3) is 0 Å². The van der Waals surface area contributed by atoms with Crippen LogP contribution in [-0.4, -0.2) is 9.78 Å². The molecule has 0 radical (unpaired) electrons. The van der Waals surface area contributed by atoms with Gasteiger partial charge in [0.1, 0.15) is 5.82 Å². The van der Waals surface area contributed by atoms with Crippen LogP contribution in [0, 0.1) is 12.7 Å². The van der Waals surface area contributed by atoms with Gasteiger partial charge in [0.25, 0.3) is 0 Å². The van der Waals surface area contributed by atoms with Gasteiger partial charge in [-0.3, -0.25) is 4.68 Å². The van der Waals surface area contributed by atoms with Gasteiger partial charge in [-0.15, -0.1) is 0 Å². The van der Waals surface area contributed by atoms with Crippen molar-refractivity contribution in [3.05, 3.63) is 46.5 Å². The molecular weight excluding hydrogens is 241 g/mol. The summed E-state index contributed by atoms with van der Waals surface area (Å²) in [5, 5.41) is 7.83. The quantitative estimate of drug-likeness (QED) is 0.911. The van der Waals surface area contributed by atoms with Crippen molar-refractivity contribution in [2.45, 2.75) is 13.5 Å². The number of aromatic nitrogens is 2. The molecule has 0 bridgehead atoms. The first-order valence-electron chi connectivity index (χ1n) is 5.24. The highest BCUT2D eigenvalue weighted by Gasteiger charge is 2.04. The van der Waals surface area contributed by atoms with Gasteiger partial charge in [-0.05, 0) is 31.2 Å². The topological polar surface area (TPSA) is 29.9 Å². The molecule has 0 saturated carbocycles. The van der Waals surface area contributed by atoms with E-state index in [1.165, 1.54) is 18.2 Å². The van der Waals surface area contributed by atoms with Gasteiger partial charge in [0.2, 0.25) is 0 Å². The van der Waals surface area contributed by atoms with Gasteiger partial charge in [0.05, 0.1) is 28.6 Å². The Kier molecular flexibility index (Phi) is 3.33. The number of hydrogen-bond donors (Lipinski definition) is 1. The summed E-state index contributed by atoms with van der Waals surface area (Å²) in [6.45, 7) is 2.49. The lowest BCUT2D eigenvalue weighted by Gasteiger charge is -2.08. The standard InChI is InChI=1S/C12H13ClFN3/c1-8-5-10(17(2)16-8)7-15-12-6-9(14)3-4-11(12)13/h3-6,15H,7H2,1-2H3. The molecule has 1 aromatic carbocycles. The molecule has 0 spiro atoms. The Morgan fingerprint density at radius 3 is 2.82 bits per heavy atom. The molecule has 0 aliphatic rings. The second-order valence-electron chi connectivity index (χ2n) is 3.88. The molecule has 0 unspecified atom stereocenters. The molecule has 1 heterocycles. The van der Waals surface area contributed by atoms with Crippen LogP contribution in [0.2, 0.25) is 5.02 Å². The minimum Gasteiger partial charge on any atom is -0.378 e. The van der Waals surface area contributed by atoms with Crippen LogP contribution in [0.15, 0.2) is 24.3 Å². The molecule has 3 nitrogen and oxygen atoms in total. The van der Waals surface area contributed by atoms with Gasteiger partial charge in [0, 0.05) is 7.05 Å². The van der Waals surface area contributed by atoms with Crippen LogP contribution in [0.1, 0.15) is 11.4 Å². The maximum atomic E-state index is 13.0. The van der Waals surface area contributed by atoms with E-state index in [1.807, 2.05) is 20.0 Å². The molecular formula is C12H13ClFN3. The van der Waals surface area contributed by atoms with Crippen molar-refractivity contribution in [2.24, 2.45) is 7.05 Å². The summed E-state index contributed by atoms with van der Waals surface area (Å²) in [7, 11) is 1.87. The zero-order valence-corrected chi connectivity index (χ0v) is 10.4. The minimum atomic E-state index is -0.307. The van der Waals surface area contributed by atoms with Crippen LogP contribution in [0.5, 0.6) is 0 Å². The van der Waals surface area contributed by atoms with Crippen LogP contribution in [0.4, 0.5) is 10.1 Å². The summed E-state index contributed by atoms with van der Waals surface area (Å²) < 4.78 is 14.8. The molecule has 2 aromatic rings. The van der Waals surface area contributed by atoms with E-state index in [0.29, 0.717) is 17.3 Å². The monoisotopic (exact) mass is 253 g/mol. The van der Waals surface area contributed by atoms with Crippen LogP contribution in [-0.2, 0) is 13.6 Å². The zero-order chi connectivity index (χ0) is 12.4. The van der Waals surface area contributed by atoms with Gasteiger partial charge in [-0.25, -0.2) is 4.39 Å². The van der Waals surface area contributed by atoms with Crippen molar-refractivity contribution in [2.75, 3.05) is 5.32 Å². The van der Waals surface area contributed by atoms with Gasteiger partial charge < -0.3 is 5.32 Å². The molecule has 0 amide bonds. The lowest BCUT2D eigenvalue weighted by atomic mass is 10.3. The lowest BCUT2D eigenvalue weighted by Crippen LogP contribution is -2.05. The maximum Gasteiger partial charge on any atom is 0.125 e. The summed E-state index contributed by atoms with van der Waals surface area (Å²) in [4.78, 5) is 0. The highest BCUT2D eigenvalue weighted by atomic mass is 35.5. The van der Waals surface area contributed by atoms with E-state index in [2.05, 4.69) is 10.4 Å². The predicted octanol–water partition coefficient (Wildman–Crippen LogP) is 3.13. The molecule has 0 fully saturated rings. The van der Waals surface area contributed by atoms with Crippen molar-refractivity contribution in [1.29, 1.82) is 0 Å². The summed E-state index contributed by atoms with van der Waals surface area (Å²) in [5.74, 6) is -0.307. The van der Waals surface area contributed by atoms with Gasteiger partial charge in [-0.2, -0.15) is 5.10 Å². The highest BCUT2D eigenvalue weighted by Crippen LogP contribution is 2.22. The minimum absolute atomic E-state index is 0.307. The summed E-state index contributed by atoms with van der Waals surface area (Å²) in [6.07, 6.45) is 0. The molecule has 0 aliphatic carbocycles. The van der Waals surface area contributed by atoms with Crippen molar-refractivity contribution >= 4 is 17.3 Å². The van der Waals surface area contributed by atoms with Gasteiger partial charge in [-0.1, -0.05) is 11.6 Å². The van der Waals surface area contributed by atoms with Crippen LogP contribution < -0.4 is 5.32 Å². The zero-order valence-electron chi connectivity index (χ0n) is 9.67. The average molecular weight is 254 g/mol. The normalized spacial score (nSPS) is 10.6. The van der Waals surface area contributed by atoms with E-state index in [0.717, 1.165) is 11.4 Å². The first kappa shape index (κ1) is 11.9. The second-order valence-corrected chi connectivity index (χ2v) is 4.29. The second kappa shape index (κ2) is 4.75. The van der Waals surface area contributed by atoms with E-state index >= 15 is 0 Å². The van der Waals surface area contributed by atoms with E-state index in [4.69, 9.17) is 11.6 Å². The molecule has 1 N–H and O–H groups in total. The van der Waals surface area contributed by atoms with Gasteiger partial charge >= 0.3 is 0 Å². The summed E-state index contributed by atoms with van der Waals surface area (Å²) in [5.41, 5.74) is 2.56. The largest absolute Gasteiger partial charge is 0.378 e. The first-order valence-corrected chi connectivity index (χ1v) is 5.62. The number of halogens is 2. The fourth-order valence-corrected chi connectivity index (χ4v) is 1.83. The van der Waals surface area contributed by atoms with Gasteiger partial charge in [0.15, 0.2) is 0 Å². The predicted molar refractivity (Wildman–Crippen MR) is 66.7 cm³/mol. The SMILES string of the molecule is Cc1cc(CNc2cc(F)ccc2Cl)n(C)n1. The third kappa shape index (κ3) is 2.77. The lowest BCUT2D eigenvalue weighted by molar-refractivity contribution is 0.628. The molecule has 0 aliphatic heterocycles. The van der Waals surface area contributed by atoms with E-state index in [1.54, 1.807) is 4.68 Å². The molecule has 2 rings (SSSR count). The number of aryl methyl sites for hydroxylation is 2. The van der Waals surface area contributed by atoms with Crippen molar-refractivity contribution in [3.63, 3.8) is 0 Å². The number of nitrogens with zero attached hydrogens (tertiary/aromatic N) is 2. The Bertz CT molecular complexity index is 537. The van der Waals surface area contributed by atoms with E-state index < -0.39 is 0 Å². The Morgan fingerprint density at radius 2 is 2.18 bits per heavy atom. The number of benzene rings is 1. The number of nitrogens with one attached hydrogen (secondary N) is 1. The Hall–Kier alpha value is -1.55. The Morgan fingerprint density at radius 1 is 1.41 bits per heavy atom. The fraction of sp³-hybridized carbons (Fsp3) is 0.250. The number of anilines is 1. The Labute approximate surface area is 104 Å². The Balaban J connectivity index is 2.12. The van der Waals surface area contributed by atoms with Crippen LogP contribution >= 0.6 is 11.6 Å². The van der Waals surface area contributed by atoms with E-state index in [9.17, 15) is 4.39 Å². The molecule has 5 heteroatoms. The first-order chi connectivity index (χ1) is 8.06. The summed E-state index contributed by atoms with van der Waals surface area (Å²) in [6, 6.07) is 6.22. The van der Waals surface area contributed by atoms with E-state index in [-0.39, 0.29) is 5.82 Å². The molecule has 1 aromatic heterocycles. The maximum absolute atomic E-state index is 13.0. The fourth-order valence-electron chi connectivity index (χ4n) is 1.65. The molecule has 0 atom stereocenters. The van der Waals surface area contributed by atoms with Crippen molar-refractivity contribution in [1.82, 2.24) is 9.78 Å². The average Bonchev–Trinajstić information content (AvgIpc) is 2.59.